The van der Waals surface area contributed by atoms with Crippen molar-refractivity contribution in [2.45, 2.75) is 38.0 Å². The molecule has 0 heterocycles. The lowest BCUT2D eigenvalue weighted by Gasteiger charge is -2.03. The van der Waals surface area contributed by atoms with Crippen molar-refractivity contribution in [3.05, 3.63) is 71.3 Å². The summed E-state index contributed by atoms with van der Waals surface area (Å²) in [5.74, 6) is 0.608. The molecule has 0 aliphatic rings. The molecule has 2 aromatic rings. The molecule has 0 unspecified atom stereocenters. The predicted molar refractivity (Wildman–Crippen MR) is 83.7 cm³/mol. The van der Waals surface area contributed by atoms with E-state index < -0.39 is 0 Å². The van der Waals surface area contributed by atoms with Gasteiger partial charge in [0.15, 0.2) is 0 Å². The zero-order valence-electron chi connectivity index (χ0n) is 11.3. The van der Waals surface area contributed by atoms with Gasteiger partial charge in [0.2, 0.25) is 0 Å². The van der Waals surface area contributed by atoms with Crippen molar-refractivity contribution in [3.8, 4) is 0 Å². The third kappa shape index (κ3) is 5.08. The first-order valence-corrected chi connectivity index (χ1v) is 7.59. The van der Waals surface area contributed by atoms with Gasteiger partial charge in [0, 0.05) is 5.88 Å². The van der Waals surface area contributed by atoms with Crippen molar-refractivity contribution in [1.29, 1.82) is 0 Å². The monoisotopic (exact) mass is 272 g/mol. The zero-order chi connectivity index (χ0) is 13.3. The van der Waals surface area contributed by atoms with Crippen molar-refractivity contribution >= 4 is 11.6 Å². The average molecular weight is 273 g/mol. The van der Waals surface area contributed by atoms with Gasteiger partial charge in [-0.1, -0.05) is 61.0 Å². The predicted octanol–water partition coefficient (Wildman–Crippen LogP) is 5.38. The molecule has 2 rings (SSSR count). The Morgan fingerprint density at radius 2 is 1.11 bits per heavy atom. The molecule has 1 heteroatoms. The lowest BCUT2D eigenvalue weighted by atomic mass is 10.0. The van der Waals surface area contributed by atoms with Crippen molar-refractivity contribution in [2.24, 2.45) is 0 Å². The summed E-state index contributed by atoms with van der Waals surface area (Å²) < 4.78 is 0. The van der Waals surface area contributed by atoms with Gasteiger partial charge in [-0.15, -0.1) is 11.6 Å². The summed E-state index contributed by atoms with van der Waals surface area (Å²) in [7, 11) is 0. The summed E-state index contributed by atoms with van der Waals surface area (Å²) >= 11 is 5.78. The molecule has 0 aromatic heterocycles. The fourth-order valence-corrected chi connectivity index (χ4v) is 2.45. The minimum Gasteiger partial charge on any atom is -0.122 e. The minimum absolute atomic E-state index is 0.608. The molecule has 0 saturated carbocycles. The van der Waals surface area contributed by atoms with E-state index in [-0.39, 0.29) is 0 Å². The van der Waals surface area contributed by atoms with Crippen LogP contribution in [0.25, 0.3) is 0 Å². The van der Waals surface area contributed by atoms with E-state index in [1.165, 1.54) is 48.8 Å². The Balaban J connectivity index is 1.63. The average Bonchev–Trinajstić information content (AvgIpc) is 2.49. The summed E-state index contributed by atoms with van der Waals surface area (Å²) in [4.78, 5) is 0. The molecule has 19 heavy (non-hydrogen) atoms. The molecule has 0 aliphatic carbocycles. The molecule has 0 spiro atoms. The molecule has 0 amide bonds. The van der Waals surface area contributed by atoms with E-state index in [1.54, 1.807) is 0 Å². The van der Waals surface area contributed by atoms with Crippen LogP contribution in [0.1, 0.15) is 36.0 Å². The van der Waals surface area contributed by atoms with Crippen LogP contribution in [-0.2, 0) is 18.7 Å². The van der Waals surface area contributed by atoms with E-state index >= 15 is 0 Å². The van der Waals surface area contributed by atoms with Crippen LogP contribution in [0.15, 0.2) is 54.6 Å². The Morgan fingerprint density at radius 1 is 0.579 bits per heavy atom. The summed E-state index contributed by atoms with van der Waals surface area (Å²) in [5.41, 5.74) is 4.08. The van der Waals surface area contributed by atoms with Crippen LogP contribution in [0.4, 0.5) is 0 Å². The maximum atomic E-state index is 5.78. The first-order valence-electron chi connectivity index (χ1n) is 7.06. The summed E-state index contributed by atoms with van der Waals surface area (Å²) in [6, 6.07) is 19.4. The van der Waals surface area contributed by atoms with Gasteiger partial charge < -0.3 is 0 Å². The van der Waals surface area contributed by atoms with Crippen LogP contribution in [0, 0.1) is 0 Å². The van der Waals surface area contributed by atoms with E-state index in [2.05, 4.69) is 54.6 Å². The fraction of sp³-hybridized carbons (Fsp3) is 0.333. The molecule has 2 aromatic carbocycles. The summed E-state index contributed by atoms with van der Waals surface area (Å²) in [6.45, 7) is 0. The molecule has 0 nitrogen and oxygen atoms in total. The SMILES string of the molecule is ClCc1ccc(CCCCCc2ccccc2)cc1. The quantitative estimate of drug-likeness (QED) is 0.469. The first kappa shape index (κ1) is 14.1. The first-order chi connectivity index (χ1) is 9.38. The third-order valence-corrected chi connectivity index (χ3v) is 3.76. The van der Waals surface area contributed by atoms with Crippen LogP contribution >= 0.6 is 11.6 Å². The summed E-state index contributed by atoms with van der Waals surface area (Å²) in [5, 5.41) is 0. The number of benzene rings is 2. The van der Waals surface area contributed by atoms with Gasteiger partial charge in [0.1, 0.15) is 0 Å². The molecule has 0 radical (unpaired) electrons. The number of hydrogen-bond donors (Lipinski definition) is 0. The highest BCUT2D eigenvalue weighted by Gasteiger charge is 1.96. The van der Waals surface area contributed by atoms with Crippen LogP contribution < -0.4 is 0 Å². The molecular weight excluding hydrogens is 252 g/mol. The van der Waals surface area contributed by atoms with Gasteiger partial charge in [-0.05, 0) is 42.4 Å². The van der Waals surface area contributed by atoms with Crippen molar-refractivity contribution in [2.75, 3.05) is 0 Å². The van der Waals surface area contributed by atoms with Gasteiger partial charge in [-0.25, -0.2) is 0 Å². The largest absolute Gasteiger partial charge is 0.122 e. The Hall–Kier alpha value is -1.27. The van der Waals surface area contributed by atoms with Crippen molar-refractivity contribution in [1.82, 2.24) is 0 Å². The Bertz CT molecular complexity index is 459. The highest BCUT2D eigenvalue weighted by Crippen LogP contribution is 2.12. The van der Waals surface area contributed by atoms with E-state index in [0.29, 0.717) is 5.88 Å². The summed E-state index contributed by atoms with van der Waals surface area (Å²) in [6.07, 6.45) is 6.23. The molecular formula is C18H21Cl. The second-order valence-electron chi connectivity index (χ2n) is 5.00. The Morgan fingerprint density at radius 3 is 1.68 bits per heavy atom. The van der Waals surface area contributed by atoms with Gasteiger partial charge in [0.25, 0.3) is 0 Å². The van der Waals surface area contributed by atoms with E-state index in [9.17, 15) is 0 Å². The standard InChI is InChI=1S/C18H21Cl/c19-15-18-13-11-17(12-14-18)10-6-2-5-9-16-7-3-1-4-8-16/h1,3-4,7-8,11-14H,2,5-6,9-10,15H2. The lowest BCUT2D eigenvalue weighted by Crippen LogP contribution is -1.89. The lowest BCUT2D eigenvalue weighted by molar-refractivity contribution is 0.678. The molecule has 100 valence electrons. The second kappa shape index (κ2) is 8.01. The molecule has 0 bridgehead atoms. The second-order valence-corrected chi connectivity index (χ2v) is 5.26. The number of halogens is 1. The smallest absolute Gasteiger partial charge is 0.0474 e. The highest BCUT2D eigenvalue weighted by atomic mass is 35.5. The number of hydrogen-bond acceptors (Lipinski definition) is 0. The zero-order valence-corrected chi connectivity index (χ0v) is 12.1. The Labute approximate surface area is 121 Å². The van der Waals surface area contributed by atoms with Crippen LogP contribution in [-0.4, -0.2) is 0 Å². The number of unbranched alkanes of at least 4 members (excludes halogenated alkanes) is 2. The molecule has 0 atom stereocenters. The van der Waals surface area contributed by atoms with Gasteiger partial charge in [-0.2, -0.15) is 0 Å². The van der Waals surface area contributed by atoms with Crippen molar-refractivity contribution in [3.63, 3.8) is 0 Å². The van der Waals surface area contributed by atoms with Crippen molar-refractivity contribution < 1.29 is 0 Å². The number of alkyl halides is 1. The van der Waals surface area contributed by atoms with Crippen LogP contribution in [0.2, 0.25) is 0 Å². The fourth-order valence-electron chi connectivity index (χ4n) is 2.27. The normalized spacial score (nSPS) is 10.6. The highest BCUT2D eigenvalue weighted by molar-refractivity contribution is 6.17. The topological polar surface area (TPSA) is 0 Å². The molecule has 0 saturated heterocycles. The number of rotatable bonds is 7. The molecule has 0 fully saturated rings. The van der Waals surface area contributed by atoms with Gasteiger partial charge >= 0.3 is 0 Å². The Kier molecular flexibility index (Phi) is 5.97. The van der Waals surface area contributed by atoms with Gasteiger partial charge in [0.05, 0.1) is 0 Å². The molecule has 0 N–H and O–H groups in total. The van der Waals surface area contributed by atoms with E-state index in [4.69, 9.17) is 11.6 Å². The minimum atomic E-state index is 0.608. The van der Waals surface area contributed by atoms with Crippen LogP contribution in [0.5, 0.6) is 0 Å². The van der Waals surface area contributed by atoms with E-state index in [1.807, 2.05) is 0 Å². The number of aryl methyl sites for hydroxylation is 2. The molecule has 0 aliphatic heterocycles. The maximum absolute atomic E-state index is 5.78. The maximum Gasteiger partial charge on any atom is 0.0474 e. The third-order valence-electron chi connectivity index (χ3n) is 3.45. The van der Waals surface area contributed by atoms with Crippen LogP contribution in [0.3, 0.4) is 0 Å². The van der Waals surface area contributed by atoms with Gasteiger partial charge in [-0.3, -0.25) is 0 Å². The van der Waals surface area contributed by atoms with E-state index in [0.717, 1.165) is 0 Å².